The van der Waals surface area contributed by atoms with E-state index >= 15 is 0 Å². The van der Waals surface area contributed by atoms with Crippen molar-refractivity contribution in [3.05, 3.63) is 0 Å². The molecule has 2 heteroatoms. The standard InChI is InChI=1S/C11H25NO/c1-9(2)6-5-7-10(3)12-11(4)8-13/h9-13H,5-8H2,1-4H3/t10?,11-/m1/s1. The Morgan fingerprint density at radius 1 is 1.00 bits per heavy atom. The van der Waals surface area contributed by atoms with E-state index in [0.29, 0.717) is 6.04 Å². The van der Waals surface area contributed by atoms with E-state index in [1.54, 1.807) is 0 Å². The Hall–Kier alpha value is -0.0800. The molecule has 0 amide bonds. The van der Waals surface area contributed by atoms with Crippen molar-refractivity contribution in [2.24, 2.45) is 5.92 Å². The number of aliphatic hydroxyl groups is 1. The third kappa shape index (κ3) is 8.26. The molecule has 2 N–H and O–H groups in total. The lowest BCUT2D eigenvalue weighted by Gasteiger charge is -2.18. The molecule has 0 aliphatic rings. The molecule has 0 spiro atoms. The Labute approximate surface area is 82.7 Å². The first-order valence-electron chi connectivity index (χ1n) is 5.43. The zero-order chi connectivity index (χ0) is 10.3. The highest BCUT2D eigenvalue weighted by molar-refractivity contribution is 4.66. The van der Waals surface area contributed by atoms with Gasteiger partial charge in [0.2, 0.25) is 0 Å². The minimum absolute atomic E-state index is 0.231. The van der Waals surface area contributed by atoms with Gasteiger partial charge in [-0.2, -0.15) is 0 Å². The van der Waals surface area contributed by atoms with E-state index in [1.807, 2.05) is 6.92 Å². The van der Waals surface area contributed by atoms with Crippen LogP contribution in [0.2, 0.25) is 0 Å². The third-order valence-electron chi connectivity index (χ3n) is 2.26. The molecule has 80 valence electrons. The Kier molecular flexibility index (Phi) is 7.29. The van der Waals surface area contributed by atoms with Crippen LogP contribution in [0, 0.1) is 5.92 Å². The minimum atomic E-state index is 0.231. The van der Waals surface area contributed by atoms with Gasteiger partial charge in [-0.3, -0.25) is 0 Å². The van der Waals surface area contributed by atoms with Crippen LogP contribution in [-0.4, -0.2) is 23.8 Å². The van der Waals surface area contributed by atoms with Crippen LogP contribution in [0.1, 0.15) is 47.0 Å². The van der Waals surface area contributed by atoms with Crippen molar-refractivity contribution in [1.82, 2.24) is 5.32 Å². The summed E-state index contributed by atoms with van der Waals surface area (Å²) in [5.41, 5.74) is 0. The average molecular weight is 187 g/mol. The Bertz CT molecular complexity index is 115. The second-order valence-corrected chi connectivity index (χ2v) is 4.48. The molecule has 0 fully saturated rings. The van der Waals surface area contributed by atoms with Crippen molar-refractivity contribution in [3.63, 3.8) is 0 Å². The second kappa shape index (κ2) is 7.34. The highest BCUT2D eigenvalue weighted by atomic mass is 16.3. The highest BCUT2D eigenvalue weighted by Gasteiger charge is 2.05. The zero-order valence-corrected chi connectivity index (χ0v) is 9.51. The van der Waals surface area contributed by atoms with E-state index in [4.69, 9.17) is 5.11 Å². The summed E-state index contributed by atoms with van der Waals surface area (Å²) in [6.07, 6.45) is 3.80. The number of hydrogen-bond donors (Lipinski definition) is 2. The maximum Gasteiger partial charge on any atom is 0.0582 e. The molecule has 0 aliphatic carbocycles. The van der Waals surface area contributed by atoms with Gasteiger partial charge in [-0.05, 0) is 26.2 Å². The molecule has 0 aromatic rings. The SMILES string of the molecule is CC(C)CCCC(C)N[C@H](C)CO. The number of aliphatic hydroxyl groups excluding tert-OH is 1. The first kappa shape index (κ1) is 12.9. The summed E-state index contributed by atoms with van der Waals surface area (Å²) in [4.78, 5) is 0. The molecular weight excluding hydrogens is 162 g/mol. The summed E-state index contributed by atoms with van der Waals surface area (Å²) >= 11 is 0. The van der Waals surface area contributed by atoms with Crippen LogP contribution in [-0.2, 0) is 0 Å². The largest absolute Gasteiger partial charge is 0.395 e. The normalized spacial score (nSPS) is 16.2. The fraction of sp³-hybridized carbons (Fsp3) is 1.00. The van der Waals surface area contributed by atoms with Crippen molar-refractivity contribution in [1.29, 1.82) is 0 Å². The first-order valence-corrected chi connectivity index (χ1v) is 5.43. The quantitative estimate of drug-likeness (QED) is 0.640. The van der Waals surface area contributed by atoms with Gasteiger partial charge in [-0.15, -0.1) is 0 Å². The summed E-state index contributed by atoms with van der Waals surface area (Å²) in [5.74, 6) is 0.808. The van der Waals surface area contributed by atoms with Crippen LogP contribution in [0.15, 0.2) is 0 Å². The lowest BCUT2D eigenvalue weighted by atomic mass is 10.0. The fourth-order valence-electron chi connectivity index (χ4n) is 1.45. The van der Waals surface area contributed by atoms with Gasteiger partial charge in [0.1, 0.15) is 0 Å². The summed E-state index contributed by atoms with van der Waals surface area (Å²) in [5, 5.41) is 12.2. The molecule has 0 heterocycles. The highest BCUT2D eigenvalue weighted by Crippen LogP contribution is 2.08. The fourth-order valence-corrected chi connectivity index (χ4v) is 1.45. The molecule has 2 atom stereocenters. The maximum absolute atomic E-state index is 8.83. The summed E-state index contributed by atoms with van der Waals surface area (Å²) < 4.78 is 0. The van der Waals surface area contributed by atoms with Gasteiger partial charge < -0.3 is 10.4 Å². The monoisotopic (exact) mass is 187 g/mol. The van der Waals surface area contributed by atoms with E-state index < -0.39 is 0 Å². The van der Waals surface area contributed by atoms with Crippen LogP contribution in [0.4, 0.5) is 0 Å². The first-order chi connectivity index (χ1) is 6.06. The summed E-state index contributed by atoms with van der Waals surface area (Å²) in [6.45, 7) is 8.95. The number of rotatable bonds is 7. The van der Waals surface area contributed by atoms with Crippen molar-refractivity contribution in [2.45, 2.75) is 59.0 Å². The molecular formula is C11H25NO. The van der Waals surface area contributed by atoms with Crippen molar-refractivity contribution in [2.75, 3.05) is 6.61 Å². The molecule has 1 unspecified atom stereocenters. The van der Waals surface area contributed by atoms with Gasteiger partial charge in [-0.1, -0.05) is 26.7 Å². The molecule has 0 rings (SSSR count). The van der Waals surface area contributed by atoms with Crippen LogP contribution in [0.3, 0.4) is 0 Å². The lowest BCUT2D eigenvalue weighted by Crippen LogP contribution is -2.36. The van der Waals surface area contributed by atoms with E-state index in [2.05, 4.69) is 26.1 Å². The number of hydrogen-bond acceptors (Lipinski definition) is 2. The van der Waals surface area contributed by atoms with Gasteiger partial charge in [0.15, 0.2) is 0 Å². The minimum Gasteiger partial charge on any atom is -0.395 e. The average Bonchev–Trinajstić information content (AvgIpc) is 2.03. The van der Waals surface area contributed by atoms with Gasteiger partial charge >= 0.3 is 0 Å². The summed E-state index contributed by atoms with van der Waals surface area (Å²) in [6, 6.07) is 0.759. The topological polar surface area (TPSA) is 32.3 Å². The Morgan fingerprint density at radius 3 is 2.08 bits per heavy atom. The lowest BCUT2D eigenvalue weighted by molar-refractivity contribution is 0.239. The Morgan fingerprint density at radius 2 is 1.62 bits per heavy atom. The molecule has 0 bridgehead atoms. The predicted molar refractivity (Wildman–Crippen MR) is 57.8 cm³/mol. The van der Waals surface area contributed by atoms with Gasteiger partial charge in [0.05, 0.1) is 6.61 Å². The third-order valence-corrected chi connectivity index (χ3v) is 2.26. The van der Waals surface area contributed by atoms with Crippen molar-refractivity contribution >= 4 is 0 Å². The molecule has 0 saturated carbocycles. The molecule has 0 aromatic carbocycles. The van der Waals surface area contributed by atoms with Gasteiger partial charge in [0, 0.05) is 12.1 Å². The van der Waals surface area contributed by atoms with E-state index in [-0.39, 0.29) is 12.6 Å². The van der Waals surface area contributed by atoms with Crippen LogP contribution < -0.4 is 5.32 Å². The van der Waals surface area contributed by atoms with Crippen LogP contribution in [0.5, 0.6) is 0 Å². The zero-order valence-electron chi connectivity index (χ0n) is 9.51. The molecule has 13 heavy (non-hydrogen) atoms. The van der Waals surface area contributed by atoms with Crippen molar-refractivity contribution < 1.29 is 5.11 Å². The Balaban J connectivity index is 3.34. The van der Waals surface area contributed by atoms with Gasteiger partial charge in [-0.25, -0.2) is 0 Å². The molecule has 0 aromatic heterocycles. The maximum atomic E-state index is 8.83. The van der Waals surface area contributed by atoms with E-state index in [0.717, 1.165) is 5.92 Å². The smallest absolute Gasteiger partial charge is 0.0582 e. The molecule has 0 aliphatic heterocycles. The van der Waals surface area contributed by atoms with Gasteiger partial charge in [0.25, 0.3) is 0 Å². The van der Waals surface area contributed by atoms with Crippen LogP contribution >= 0.6 is 0 Å². The second-order valence-electron chi connectivity index (χ2n) is 4.48. The van der Waals surface area contributed by atoms with Crippen molar-refractivity contribution in [3.8, 4) is 0 Å². The molecule has 2 nitrogen and oxygen atoms in total. The molecule has 0 radical (unpaired) electrons. The summed E-state index contributed by atoms with van der Waals surface area (Å²) in [7, 11) is 0. The van der Waals surface area contributed by atoms with Crippen LogP contribution in [0.25, 0.3) is 0 Å². The van der Waals surface area contributed by atoms with E-state index in [9.17, 15) is 0 Å². The predicted octanol–water partition coefficient (Wildman–Crippen LogP) is 2.17. The van der Waals surface area contributed by atoms with E-state index in [1.165, 1.54) is 19.3 Å². The molecule has 0 saturated heterocycles. The number of nitrogens with one attached hydrogen (secondary N) is 1.